The second-order valence-electron chi connectivity index (χ2n) is 5.12. The number of nitrogens with one attached hydrogen (secondary N) is 1. The lowest BCUT2D eigenvalue weighted by molar-refractivity contribution is 0.532. The first-order valence-electron chi connectivity index (χ1n) is 7.18. The van der Waals surface area contributed by atoms with Crippen LogP contribution in [0.25, 0.3) is 11.0 Å². The van der Waals surface area contributed by atoms with Crippen LogP contribution in [0.15, 0.2) is 53.3 Å². The van der Waals surface area contributed by atoms with Crippen molar-refractivity contribution in [3.05, 3.63) is 65.7 Å². The third-order valence-corrected chi connectivity index (χ3v) is 3.80. The lowest BCUT2D eigenvalue weighted by atomic mass is 10.0. The molecule has 108 valence electrons. The highest BCUT2D eigenvalue weighted by molar-refractivity contribution is 5.81. The molecule has 0 saturated heterocycles. The molecule has 1 unspecified atom stereocenters. The van der Waals surface area contributed by atoms with Crippen molar-refractivity contribution in [3.63, 3.8) is 0 Å². The van der Waals surface area contributed by atoms with E-state index < -0.39 is 0 Å². The number of rotatable bonds is 5. The molecule has 0 bridgehead atoms. The van der Waals surface area contributed by atoms with E-state index in [-0.39, 0.29) is 6.04 Å². The van der Waals surface area contributed by atoms with Crippen LogP contribution >= 0.6 is 0 Å². The Morgan fingerprint density at radius 3 is 2.81 bits per heavy atom. The number of hydrazine groups is 1. The van der Waals surface area contributed by atoms with Crippen LogP contribution in [0.2, 0.25) is 0 Å². The Bertz CT molecular complexity index is 718. The normalized spacial score (nSPS) is 12.7. The number of aromatic nitrogens is 1. The van der Waals surface area contributed by atoms with Gasteiger partial charge in [-0.3, -0.25) is 16.3 Å². The minimum atomic E-state index is -0.0198. The second-order valence-corrected chi connectivity index (χ2v) is 5.12. The van der Waals surface area contributed by atoms with Crippen molar-refractivity contribution in [1.82, 2.24) is 10.4 Å². The molecule has 3 aromatic rings. The molecule has 3 N–H and O–H groups in total. The van der Waals surface area contributed by atoms with Crippen molar-refractivity contribution in [2.24, 2.45) is 5.84 Å². The van der Waals surface area contributed by atoms with Gasteiger partial charge < -0.3 is 4.42 Å². The van der Waals surface area contributed by atoms with Gasteiger partial charge in [0.05, 0.1) is 12.3 Å². The first-order chi connectivity index (χ1) is 10.3. The molecule has 2 aromatic heterocycles. The highest BCUT2D eigenvalue weighted by Crippen LogP contribution is 2.27. The number of nitrogens with zero attached hydrogens (tertiary/aromatic N) is 1. The van der Waals surface area contributed by atoms with Gasteiger partial charge in [-0.1, -0.05) is 31.2 Å². The third-order valence-electron chi connectivity index (χ3n) is 3.80. The van der Waals surface area contributed by atoms with Gasteiger partial charge in [-0.15, -0.1) is 0 Å². The zero-order chi connectivity index (χ0) is 14.7. The minimum Gasteiger partial charge on any atom is -0.464 e. The van der Waals surface area contributed by atoms with Crippen LogP contribution in [0.4, 0.5) is 0 Å². The van der Waals surface area contributed by atoms with Gasteiger partial charge in [-0.05, 0) is 24.1 Å². The molecule has 0 aliphatic heterocycles. The van der Waals surface area contributed by atoms with Crippen LogP contribution < -0.4 is 11.3 Å². The van der Waals surface area contributed by atoms with Crippen molar-refractivity contribution >= 4 is 11.0 Å². The number of hydrogen-bond donors (Lipinski definition) is 2. The van der Waals surface area contributed by atoms with Gasteiger partial charge in [0, 0.05) is 29.3 Å². The molecule has 0 amide bonds. The van der Waals surface area contributed by atoms with Crippen LogP contribution in [0.5, 0.6) is 0 Å². The lowest BCUT2D eigenvalue weighted by Gasteiger charge is -2.14. The predicted molar refractivity (Wildman–Crippen MR) is 83.6 cm³/mol. The first kappa shape index (κ1) is 13.8. The molecular formula is C17H19N3O. The van der Waals surface area contributed by atoms with E-state index in [1.807, 2.05) is 30.5 Å². The number of hydrogen-bond acceptors (Lipinski definition) is 4. The SMILES string of the molecule is CCc1ccc(CC(NN)c2coc3ccccc23)nc1. The molecule has 3 rings (SSSR count). The van der Waals surface area contributed by atoms with Gasteiger partial charge in [-0.25, -0.2) is 0 Å². The number of pyridine rings is 1. The molecule has 0 radical (unpaired) electrons. The third kappa shape index (κ3) is 2.82. The van der Waals surface area contributed by atoms with Crippen LogP contribution in [-0.2, 0) is 12.8 Å². The summed E-state index contributed by atoms with van der Waals surface area (Å²) < 4.78 is 5.59. The van der Waals surface area contributed by atoms with Gasteiger partial charge in [0.2, 0.25) is 0 Å². The molecule has 1 atom stereocenters. The van der Waals surface area contributed by atoms with Crippen molar-refractivity contribution in [2.75, 3.05) is 0 Å². The Morgan fingerprint density at radius 2 is 2.10 bits per heavy atom. The van der Waals surface area contributed by atoms with Gasteiger partial charge in [0.15, 0.2) is 0 Å². The summed E-state index contributed by atoms with van der Waals surface area (Å²) in [5.74, 6) is 5.74. The maximum absolute atomic E-state index is 5.74. The summed E-state index contributed by atoms with van der Waals surface area (Å²) in [7, 11) is 0. The van der Waals surface area contributed by atoms with E-state index in [1.165, 1.54) is 5.56 Å². The number of furan rings is 1. The number of benzene rings is 1. The Balaban J connectivity index is 1.87. The predicted octanol–water partition coefficient (Wildman–Crippen LogP) is 3.14. The lowest BCUT2D eigenvalue weighted by Crippen LogP contribution is -2.29. The Kier molecular flexibility index (Phi) is 3.99. The molecule has 4 heteroatoms. The monoisotopic (exact) mass is 281 g/mol. The fraction of sp³-hybridized carbons (Fsp3) is 0.235. The van der Waals surface area contributed by atoms with Crippen LogP contribution in [0.1, 0.15) is 29.8 Å². The average Bonchev–Trinajstić information content (AvgIpc) is 2.97. The molecule has 2 heterocycles. The smallest absolute Gasteiger partial charge is 0.134 e. The van der Waals surface area contributed by atoms with Gasteiger partial charge >= 0.3 is 0 Å². The van der Waals surface area contributed by atoms with E-state index in [4.69, 9.17) is 10.3 Å². The maximum atomic E-state index is 5.74. The summed E-state index contributed by atoms with van der Waals surface area (Å²) in [6, 6.07) is 12.1. The van der Waals surface area contributed by atoms with Crippen molar-refractivity contribution in [3.8, 4) is 0 Å². The number of para-hydroxylation sites is 1. The van der Waals surface area contributed by atoms with E-state index in [1.54, 1.807) is 6.26 Å². The summed E-state index contributed by atoms with van der Waals surface area (Å²) in [5, 5.41) is 1.09. The number of aryl methyl sites for hydroxylation is 1. The topological polar surface area (TPSA) is 64.1 Å². The molecule has 0 aliphatic carbocycles. The van der Waals surface area contributed by atoms with E-state index >= 15 is 0 Å². The Morgan fingerprint density at radius 1 is 1.24 bits per heavy atom. The molecule has 1 aromatic carbocycles. The van der Waals surface area contributed by atoms with Crippen molar-refractivity contribution in [1.29, 1.82) is 0 Å². The molecule has 4 nitrogen and oxygen atoms in total. The highest BCUT2D eigenvalue weighted by atomic mass is 16.3. The maximum Gasteiger partial charge on any atom is 0.134 e. The molecule has 0 saturated carbocycles. The molecule has 0 spiro atoms. The van der Waals surface area contributed by atoms with Crippen LogP contribution in [-0.4, -0.2) is 4.98 Å². The first-order valence-corrected chi connectivity index (χ1v) is 7.18. The largest absolute Gasteiger partial charge is 0.464 e. The Labute approximate surface area is 124 Å². The van der Waals surface area contributed by atoms with E-state index in [0.29, 0.717) is 0 Å². The molecular weight excluding hydrogens is 262 g/mol. The van der Waals surface area contributed by atoms with Crippen LogP contribution in [0, 0.1) is 0 Å². The summed E-state index contributed by atoms with van der Waals surface area (Å²) in [5.41, 5.74) is 7.07. The quantitative estimate of drug-likeness (QED) is 0.557. The fourth-order valence-corrected chi connectivity index (χ4v) is 2.52. The summed E-state index contributed by atoms with van der Waals surface area (Å²) in [6.45, 7) is 2.12. The Hall–Kier alpha value is -2.17. The number of nitrogens with two attached hydrogens (primary N) is 1. The average molecular weight is 281 g/mol. The number of fused-ring (bicyclic) bond motifs is 1. The molecule has 0 aliphatic rings. The summed E-state index contributed by atoms with van der Waals surface area (Å²) in [4.78, 5) is 4.50. The molecule has 0 fully saturated rings. The standard InChI is InChI=1S/C17H19N3O/c1-2-12-7-8-13(19-10-12)9-16(20-18)15-11-21-17-6-4-3-5-14(15)17/h3-8,10-11,16,20H,2,9,18H2,1H3. The second kappa shape index (κ2) is 6.08. The van der Waals surface area contributed by atoms with E-state index in [9.17, 15) is 0 Å². The summed E-state index contributed by atoms with van der Waals surface area (Å²) in [6.07, 6.45) is 5.42. The summed E-state index contributed by atoms with van der Waals surface area (Å²) >= 11 is 0. The van der Waals surface area contributed by atoms with Crippen LogP contribution in [0.3, 0.4) is 0 Å². The van der Waals surface area contributed by atoms with Crippen molar-refractivity contribution in [2.45, 2.75) is 25.8 Å². The van der Waals surface area contributed by atoms with E-state index in [2.05, 4.69) is 29.5 Å². The van der Waals surface area contributed by atoms with E-state index in [0.717, 1.165) is 35.1 Å². The van der Waals surface area contributed by atoms with Crippen molar-refractivity contribution < 1.29 is 4.42 Å². The van der Waals surface area contributed by atoms with Gasteiger partial charge in [-0.2, -0.15) is 0 Å². The highest BCUT2D eigenvalue weighted by Gasteiger charge is 2.16. The zero-order valence-corrected chi connectivity index (χ0v) is 12.0. The van der Waals surface area contributed by atoms with Gasteiger partial charge in [0.1, 0.15) is 5.58 Å². The van der Waals surface area contributed by atoms with Gasteiger partial charge in [0.25, 0.3) is 0 Å². The fourth-order valence-electron chi connectivity index (χ4n) is 2.52. The minimum absolute atomic E-state index is 0.0198. The zero-order valence-electron chi connectivity index (χ0n) is 12.0. The molecule has 21 heavy (non-hydrogen) atoms.